The van der Waals surface area contributed by atoms with Gasteiger partial charge < -0.3 is 4.74 Å². The summed E-state index contributed by atoms with van der Waals surface area (Å²) in [7, 11) is 0. The zero-order valence-electron chi connectivity index (χ0n) is 10.5. The van der Waals surface area contributed by atoms with Gasteiger partial charge >= 0.3 is 0 Å². The average Bonchev–Trinajstić information content (AvgIpc) is 2.77. The molecule has 1 atom stereocenters. The van der Waals surface area contributed by atoms with Gasteiger partial charge in [-0.05, 0) is 19.9 Å². The summed E-state index contributed by atoms with van der Waals surface area (Å²) in [5, 5.41) is 5.12. The zero-order chi connectivity index (χ0) is 12.3. The van der Waals surface area contributed by atoms with Gasteiger partial charge in [-0.3, -0.25) is 9.58 Å². The molecule has 4 nitrogen and oxygen atoms in total. The molecule has 0 N–H and O–H groups in total. The van der Waals surface area contributed by atoms with Crippen molar-refractivity contribution in [3.8, 4) is 0 Å². The van der Waals surface area contributed by atoms with Crippen LogP contribution in [0.1, 0.15) is 13.8 Å². The minimum atomic E-state index is -0.0548. The molecule has 1 saturated heterocycles. The highest BCUT2D eigenvalue weighted by atomic mass is 79.9. The molecule has 1 aromatic rings. The van der Waals surface area contributed by atoms with Gasteiger partial charge in [0.1, 0.15) is 0 Å². The van der Waals surface area contributed by atoms with E-state index in [1.807, 2.05) is 23.1 Å². The molecule has 1 fully saturated rings. The number of nitrogens with zero attached hydrogens (tertiary/aromatic N) is 3. The van der Waals surface area contributed by atoms with Crippen LogP contribution in [-0.4, -0.2) is 51.3 Å². The van der Waals surface area contributed by atoms with Gasteiger partial charge in [0, 0.05) is 37.4 Å². The lowest BCUT2D eigenvalue weighted by molar-refractivity contribution is -0.126. The summed E-state index contributed by atoms with van der Waals surface area (Å²) in [6, 6.07) is 1.96. The molecule has 2 heterocycles. The molecular weight excluding hydrogens is 282 g/mol. The van der Waals surface area contributed by atoms with Crippen molar-refractivity contribution in [1.29, 1.82) is 0 Å². The molecule has 5 heteroatoms. The van der Waals surface area contributed by atoms with Crippen LogP contribution in [0.25, 0.3) is 0 Å². The van der Waals surface area contributed by atoms with Crippen molar-refractivity contribution in [1.82, 2.24) is 14.7 Å². The lowest BCUT2D eigenvalue weighted by Gasteiger charge is -2.42. The van der Waals surface area contributed by atoms with Gasteiger partial charge in [-0.25, -0.2) is 0 Å². The van der Waals surface area contributed by atoms with Crippen LogP contribution in [0.2, 0.25) is 0 Å². The summed E-state index contributed by atoms with van der Waals surface area (Å²) in [6.07, 6.45) is 4.12. The summed E-state index contributed by atoms with van der Waals surface area (Å²) >= 11 is 3.51. The van der Waals surface area contributed by atoms with Crippen molar-refractivity contribution in [2.24, 2.45) is 0 Å². The standard InChI is InChI=1S/C12H20BrN3O/c1-12(2)10-15(9-11(8-13)17-12)6-7-16-5-3-4-14-16/h3-5,11H,6-10H2,1-2H3. The first-order valence-electron chi connectivity index (χ1n) is 6.03. The molecule has 0 bridgehead atoms. The Hall–Kier alpha value is -0.390. The van der Waals surface area contributed by atoms with Crippen LogP contribution >= 0.6 is 15.9 Å². The molecule has 2 rings (SSSR count). The van der Waals surface area contributed by atoms with Gasteiger partial charge in [-0.2, -0.15) is 5.10 Å². The van der Waals surface area contributed by atoms with Crippen LogP contribution in [0.5, 0.6) is 0 Å². The number of hydrogen-bond acceptors (Lipinski definition) is 3. The molecule has 1 unspecified atom stereocenters. The van der Waals surface area contributed by atoms with Crippen LogP contribution in [0.15, 0.2) is 18.5 Å². The molecule has 1 aliphatic rings. The second-order valence-electron chi connectivity index (χ2n) is 5.16. The van der Waals surface area contributed by atoms with E-state index < -0.39 is 0 Å². The van der Waals surface area contributed by atoms with E-state index in [0.29, 0.717) is 0 Å². The van der Waals surface area contributed by atoms with Crippen molar-refractivity contribution in [2.75, 3.05) is 25.0 Å². The molecule has 0 saturated carbocycles. The van der Waals surface area contributed by atoms with Crippen LogP contribution in [0, 0.1) is 0 Å². The molecule has 0 spiro atoms. The molecule has 0 aromatic carbocycles. The predicted octanol–water partition coefficient (Wildman–Crippen LogP) is 1.76. The van der Waals surface area contributed by atoms with E-state index in [1.165, 1.54) is 0 Å². The predicted molar refractivity (Wildman–Crippen MR) is 71.4 cm³/mol. The normalized spacial score (nSPS) is 25.0. The Morgan fingerprint density at radius 1 is 1.47 bits per heavy atom. The molecule has 0 aliphatic carbocycles. The maximum absolute atomic E-state index is 5.98. The number of rotatable bonds is 4. The Kier molecular flexibility index (Phi) is 4.22. The van der Waals surface area contributed by atoms with E-state index in [0.717, 1.165) is 31.5 Å². The highest BCUT2D eigenvalue weighted by Crippen LogP contribution is 2.21. The molecule has 0 amide bonds. The van der Waals surface area contributed by atoms with Crippen molar-refractivity contribution >= 4 is 15.9 Å². The summed E-state index contributed by atoms with van der Waals surface area (Å²) in [5.41, 5.74) is -0.0548. The summed E-state index contributed by atoms with van der Waals surface area (Å²) in [6.45, 7) is 8.26. The van der Waals surface area contributed by atoms with Gasteiger partial charge in [0.25, 0.3) is 0 Å². The fourth-order valence-corrected chi connectivity index (χ4v) is 2.68. The number of aromatic nitrogens is 2. The highest BCUT2D eigenvalue weighted by molar-refractivity contribution is 9.09. The van der Waals surface area contributed by atoms with Crippen molar-refractivity contribution < 1.29 is 4.74 Å². The quantitative estimate of drug-likeness (QED) is 0.794. The largest absolute Gasteiger partial charge is 0.369 e. The van der Waals surface area contributed by atoms with E-state index in [2.05, 4.69) is 39.8 Å². The van der Waals surface area contributed by atoms with Gasteiger partial charge in [0.05, 0.1) is 18.2 Å². The Labute approximate surface area is 111 Å². The van der Waals surface area contributed by atoms with Crippen LogP contribution in [-0.2, 0) is 11.3 Å². The first-order valence-corrected chi connectivity index (χ1v) is 7.15. The van der Waals surface area contributed by atoms with E-state index in [-0.39, 0.29) is 11.7 Å². The lowest BCUT2D eigenvalue weighted by atomic mass is 10.1. The minimum absolute atomic E-state index is 0.0548. The molecular formula is C12H20BrN3O. The summed E-state index contributed by atoms with van der Waals surface area (Å²) < 4.78 is 7.96. The fourth-order valence-electron chi connectivity index (χ4n) is 2.34. The third-order valence-electron chi connectivity index (χ3n) is 2.93. The number of alkyl halides is 1. The van der Waals surface area contributed by atoms with Gasteiger partial charge in [0.15, 0.2) is 0 Å². The number of ether oxygens (including phenoxy) is 1. The smallest absolute Gasteiger partial charge is 0.0806 e. The lowest BCUT2D eigenvalue weighted by Crippen LogP contribution is -2.53. The first kappa shape index (κ1) is 13.1. The molecule has 96 valence electrons. The van der Waals surface area contributed by atoms with Gasteiger partial charge in [0.2, 0.25) is 0 Å². The third kappa shape index (κ3) is 3.79. The van der Waals surface area contributed by atoms with E-state index in [1.54, 1.807) is 0 Å². The Morgan fingerprint density at radius 3 is 2.94 bits per heavy atom. The Morgan fingerprint density at radius 2 is 2.29 bits per heavy atom. The number of morpholine rings is 1. The zero-order valence-corrected chi connectivity index (χ0v) is 12.1. The van der Waals surface area contributed by atoms with E-state index in [9.17, 15) is 0 Å². The van der Waals surface area contributed by atoms with E-state index in [4.69, 9.17) is 4.74 Å². The monoisotopic (exact) mass is 301 g/mol. The average molecular weight is 302 g/mol. The molecule has 1 aliphatic heterocycles. The molecule has 1 aromatic heterocycles. The summed E-state index contributed by atoms with van der Waals surface area (Å²) in [4.78, 5) is 2.46. The SMILES string of the molecule is CC1(C)CN(CCn2cccn2)CC(CBr)O1. The van der Waals surface area contributed by atoms with Crippen LogP contribution < -0.4 is 0 Å². The van der Waals surface area contributed by atoms with Crippen molar-refractivity contribution in [3.63, 3.8) is 0 Å². The molecule has 0 radical (unpaired) electrons. The third-order valence-corrected chi connectivity index (χ3v) is 3.65. The topological polar surface area (TPSA) is 30.3 Å². The van der Waals surface area contributed by atoms with Crippen molar-refractivity contribution in [3.05, 3.63) is 18.5 Å². The van der Waals surface area contributed by atoms with Crippen molar-refractivity contribution in [2.45, 2.75) is 32.1 Å². The van der Waals surface area contributed by atoms with E-state index >= 15 is 0 Å². The maximum Gasteiger partial charge on any atom is 0.0806 e. The first-order chi connectivity index (χ1) is 8.09. The van der Waals surface area contributed by atoms with Gasteiger partial charge in [-0.15, -0.1) is 0 Å². The Bertz CT molecular complexity index is 340. The summed E-state index contributed by atoms with van der Waals surface area (Å²) in [5.74, 6) is 0. The minimum Gasteiger partial charge on any atom is -0.369 e. The van der Waals surface area contributed by atoms with Gasteiger partial charge in [-0.1, -0.05) is 15.9 Å². The van der Waals surface area contributed by atoms with Crippen LogP contribution in [0.3, 0.4) is 0 Å². The second kappa shape index (κ2) is 5.50. The Balaban J connectivity index is 1.87. The number of halogens is 1. The maximum atomic E-state index is 5.98. The van der Waals surface area contributed by atoms with Crippen LogP contribution in [0.4, 0.5) is 0 Å². The molecule has 17 heavy (non-hydrogen) atoms. The highest BCUT2D eigenvalue weighted by Gasteiger charge is 2.32. The fraction of sp³-hybridized carbons (Fsp3) is 0.750. The second-order valence-corrected chi connectivity index (χ2v) is 5.81. The number of hydrogen-bond donors (Lipinski definition) is 0.